The van der Waals surface area contributed by atoms with Gasteiger partial charge in [0.15, 0.2) is 8.32 Å². The van der Waals surface area contributed by atoms with Crippen molar-refractivity contribution in [1.82, 2.24) is 0 Å². The molecule has 0 heterocycles. The summed E-state index contributed by atoms with van der Waals surface area (Å²) >= 11 is 0. The topological polar surface area (TPSA) is 9.23 Å². The molecular formula is C13H28OSi. The highest BCUT2D eigenvalue weighted by molar-refractivity contribution is 6.73. The second kappa shape index (κ2) is 5.49. The van der Waals surface area contributed by atoms with E-state index in [1.54, 1.807) is 0 Å². The highest BCUT2D eigenvalue weighted by Gasteiger charge is 2.38. The van der Waals surface area contributed by atoms with E-state index in [2.05, 4.69) is 34.6 Å². The Balaban J connectivity index is 2.64. The van der Waals surface area contributed by atoms with Crippen LogP contribution in [0.3, 0.4) is 0 Å². The predicted molar refractivity (Wildman–Crippen MR) is 69.6 cm³/mol. The maximum absolute atomic E-state index is 6.61. The Hall–Kier alpha value is 0.177. The van der Waals surface area contributed by atoms with Gasteiger partial charge in [-0.25, -0.2) is 0 Å². The average molecular weight is 228 g/mol. The van der Waals surface area contributed by atoms with E-state index in [-0.39, 0.29) is 0 Å². The van der Waals surface area contributed by atoms with Gasteiger partial charge in [0.25, 0.3) is 0 Å². The van der Waals surface area contributed by atoms with Crippen LogP contribution in [0.15, 0.2) is 0 Å². The predicted octanol–water partition coefficient (Wildman–Crippen LogP) is 4.44. The Morgan fingerprint density at radius 3 is 1.67 bits per heavy atom. The van der Waals surface area contributed by atoms with Gasteiger partial charge < -0.3 is 4.43 Å². The van der Waals surface area contributed by atoms with Gasteiger partial charge in [-0.05, 0) is 42.8 Å². The van der Waals surface area contributed by atoms with Crippen molar-refractivity contribution in [2.75, 3.05) is 0 Å². The van der Waals surface area contributed by atoms with Crippen LogP contribution < -0.4 is 0 Å². The maximum atomic E-state index is 6.61. The summed E-state index contributed by atoms with van der Waals surface area (Å²) in [5.41, 5.74) is 0. The van der Waals surface area contributed by atoms with Crippen LogP contribution in [0.25, 0.3) is 0 Å². The quantitative estimate of drug-likeness (QED) is 0.632. The second-order valence-electron chi connectivity index (χ2n) is 5.36. The van der Waals surface area contributed by atoms with Crippen molar-refractivity contribution in [1.29, 1.82) is 0 Å². The highest BCUT2D eigenvalue weighted by atomic mass is 28.4. The minimum Gasteiger partial charge on any atom is -0.413 e. The monoisotopic (exact) mass is 228 g/mol. The Labute approximate surface area is 96.7 Å². The van der Waals surface area contributed by atoms with E-state index in [9.17, 15) is 0 Å². The molecule has 0 aromatic heterocycles. The number of hydrogen-bond acceptors (Lipinski definition) is 1. The second-order valence-corrected chi connectivity index (χ2v) is 10.1. The molecule has 1 fully saturated rings. The van der Waals surface area contributed by atoms with Crippen LogP contribution in [0, 0.1) is 11.8 Å². The molecule has 1 saturated carbocycles. The van der Waals surface area contributed by atoms with Gasteiger partial charge in [0.2, 0.25) is 0 Å². The average Bonchev–Trinajstić information content (AvgIpc) is 2.57. The molecule has 90 valence electrons. The van der Waals surface area contributed by atoms with Crippen molar-refractivity contribution >= 4 is 8.32 Å². The first-order valence-corrected chi connectivity index (χ1v) is 9.29. The van der Waals surface area contributed by atoms with Crippen molar-refractivity contribution in [3.63, 3.8) is 0 Å². The van der Waals surface area contributed by atoms with Gasteiger partial charge in [0.05, 0.1) is 6.10 Å². The van der Waals surface area contributed by atoms with Gasteiger partial charge in [-0.1, -0.05) is 34.6 Å². The number of rotatable bonds is 5. The third kappa shape index (κ3) is 2.85. The molecule has 0 bridgehead atoms. The van der Waals surface area contributed by atoms with Crippen LogP contribution in [-0.2, 0) is 4.43 Å². The SMILES string of the molecule is CC[Si](CC)(CC)OC1C(C)CCC1C. The molecule has 0 radical (unpaired) electrons. The summed E-state index contributed by atoms with van der Waals surface area (Å²) in [6.07, 6.45) is 3.30. The van der Waals surface area contributed by atoms with Crippen LogP contribution >= 0.6 is 0 Å². The van der Waals surface area contributed by atoms with Gasteiger partial charge >= 0.3 is 0 Å². The van der Waals surface area contributed by atoms with Crippen molar-refractivity contribution in [2.45, 2.75) is 71.7 Å². The highest BCUT2D eigenvalue weighted by Crippen LogP contribution is 2.37. The summed E-state index contributed by atoms with van der Waals surface area (Å²) in [5, 5.41) is 0. The standard InChI is InChI=1S/C13H28OSi/c1-6-15(7-2,8-3)14-13-11(4)9-10-12(13)5/h11-13H,6-10H2,1-5H3. The molecule has 0 spiro atoms. The zero-order valence-corrected chi connectivity index (χ0v) is 12.2. The van der Waals surface area contributed by atoms with Crippen molar-refractivity contribution in [2.24, 2.45) is 11.8 Å². The van der Waals surface area contributed by atoms with Crippen LogP contribution in [0.5, 0.6) is 0 Å². The van der Waals surface area contributed by atoms with Crippen molar-refractivity contribution in [3.8, 4) is 0 Å². The van der Waals surface area contributed by atoms with Crippen molar-refractivity contribution in [3.05, 3.63) is 0 Å². The van der Waals surface area contributed by atoms with E-state index >= 15 is 0 Å². The third-order valence-electron chi connectivity index (χ3n) is 4.52. The van der Waals surface area contributed by atoms with E-state index in [1.807, 2.05) is 0 Å². The summed E-state index contributed by atoms with van der Waals surface area (Å²) < 4.78 is 6.61. The molecule has 0 N–H and O–H groups in total. The Morgan fingerprint density at radius 1 is 0.933 bits per heavy atom. The van der Waals surface area contributed by atoms with Crippen LogP contribution in [0.2, 0.25) is 18.1 Å². The molecule has 0 aromatic carbocycles. The molecule has 2 heteroatoms. The minimum atomic E-state index is -1.37. The molecule has 1 aliphatic carbocycles. The van der Waals surface area contributed by atoms with Gasteiger partial charge in [-0.2, -0.15) is 0 Å². The summed E-state index contributed by atoms with van der Waals surface area (Å²) in [5.74, 6) is 1.58. The largest absolute Gasteiger partial charge is 0.413 e. The first-order valence-electron chi connectivity index (χ1n) is 6.76. The molecule has 1 nitrogen and oxygen atoms in total. The van der Waals surface area contributed by atoms with E-state index in [4.69, 9.17) is 4.43 Å². The molecule has 0 amide bonds. The van der Waals surface area contributed by atoms with E-state index in [1.165, 1.54) is 31.0 Å². The number of hydrogen-bond donors (Lipinski definition) is 0. The van der Waals surface area contributed by atoms with Gasteiger partial charge in [-0.15, -0.1) is 0 Å². The fraction of sp³-hybridized carbons (Fsp3) is 1.00. The lowest BCUT2D eigenvalue weighted by molar-refractivity contribution is 0.118. The lowest BCUT2D eigenvalue weighted by atomic mass is 10.0. The van der Waals surface area contributed by atoms with E-state index in [0.717, 1.165) is 11.8 Å². The van der Waals surface area contributed by atoms with Gasteiger partial charge in [0, 0.05) is 0 Å². The molecule has 0 aliphatic heterocycles. The maximum Gasteiger partial charge on any atom is 0.192 e. The lowest BCUT2D eigenvalue weighted by Crippen LogP contribution is -2.42. The smallest absolute Gasteiger partial charge is 0.192 e. The van der Waals surface area contributed by atoms with E-state index in [0.29, 0.717) is 6.10 Å². The van der Waals surface area contributed by atoms with Gasteiger partial charge in [0.1, 0.15) is 0 Å². The molecule has 15 heavy (non-hydrogen) atoms. The molecular weight excluding hydrogens is 200 g/mol. The summed E-state index contributed by atoms with van der Waals surface area (Å²) in [7, 11) is -1.37. The molecule has 0 saturated heterocycles. The fourth-order valence-electron chi connectivity index (χ4n) is 2.94. The Bertz CT molecular complexity index is 171. The van der Waals surface area contributed by atoms with Crippen LogP contribution in [-0.4, -0.2) is 14.4 Å². The third-order valence-corrected chi connectivity index (χ3v) is 9.16. The molecule has 2 atom stereocenters. The Morgan fingerprint density at radius 2 is 1.33 bits per heavy atom. The molecule has 2 unspecified atom stereocenters. The Kier molecular flexibility index (Phi) is 4.85. The van der Waals surface area contributed by atoms with Crippen LogP contribution in [0.4, 0.5) is 0 Å². The van der Waals surface area contributed by atoms with Crippen LogP contribution in [0.1, 0.15) is 47.5 Å². The minimum absolute atomic E-state index is 0.566. The molecule has 0 aromatic rings. The first kappa shape index (κ1) is 13.2. The fourth-order valence-corrected chi connectivity index (χ4v) is 5.98. The summed E-state index contributed by atoms with van der Waals surface area (Å²) in [4.78, 5) is 0. The molecule has 1 rings (SSSR count). The summed E-state index contributed by atoms with van der Waals surface area (Å²) in [6, 6.07) is 3.86. The first-order chi connectivity index (χ1) is 7.08. The van der Waals surface area contributed by atoms with Crippen molar-refractivity contribution < 1.29 is 4.43 Å². The lowest BCUT2D eigenvalue weighted by Gasteiger charge is -2.35. The zero-order chi connectivity index (χ0) is 11.5. The summed E-state index contributed by atoms with van der Waals surface area (Å²) in [6.45, 7) is 11.7. The normalized spacial score (nSPS) is 32.2. The zero-order valence-electron chi connectivity index (χ0n) is 11.2. The van der Waals surface area contributed by atoms with Gasteiger partial charge in [-0.3, -0.25) is 0 Å². The molecule has 1 aliphatic rings. The van der Waals surface area contributed by atoms with E-state index < -0.39 is 8.32 Å².